The molecule has 0 amide bonds. The van der Waals surface area contributed by atoms with Crippen LogP contribution in [0.25, 0.3) is 0 Å². The molecule has 2 N–H and O–H groups in total. The molecule has 1 aromatic rings. The second-order valence-electron chi connectivity index (χ2n) is 5.97. The van der Waals surface area contributed by atoms with E-state index >= 15 is 0 Å². The minimum atomic E-state index is 0.213. The highest BCUT2D eigenvalue weighted by Crippen LogP contribution is 2.38. The molecule has 4 heteroatoms. The zero-order chi connectivity index (χ0) is 16.5. The predicted molar refractivity (Wildman–Crippen MR) is 94.3 cm³/mol. The Morgan fingerprint density at radius 1 is 1.00 bits per heavy atom. The van der Waals surface area contributed by atoms with Gasteiger partial charge in [0.1, 0.15) is 11.5 Å². The van der Waals surface area contributed by atoms with Crippen molar-refractivity contribution in [1.29, 1.82) is 0 Å². The van der Waals surface area contributed by atoms with Crippen molar-refractivity contribution < 1.29 is 9.47 Å². The Labute approximate surface area is 140 Å². The van der Waals surface area contributed by atoms with Gasteiger partial charge in [0.05, 0.1) is 18.2 Å². The summed E-state index contributed by atoms with van der Waals surface area (Å²) >= 11 is 6.37. The molecule has 0 saturated heterocycles. The molecule has 0 radical (unpaired) electrons. The number of rotatable bonds is 10. The molecule has 0 aliphatic carbocycles. The molecule has 0 fully saturated rings. The molecule has 3 nitrogen and oxygen atoms in total. The summed E-state index contributed by atoms with van der Waals surface area (Å²) < 4.78 is 11.6. The van der Waals surface area contributed by atoms with E-state index in [0.29, 0.717) is 29.9 Å². The van der Waals surface area contributed by atoms with Crippen molar-refractivity contribution in [3.8, 4) is 11.5 Å². The topological polar surface area (TPSA) is 44.5 Å². The lowest BCUT2D eigenvalue weighted by atomic mass is 9.93. The fourth-order valence-electron chi connectivity index (χ4n) is 2.26. The van der Waals surface area contributed by atoms with E-state index in [-0.39, 0.29) is 6.04 Å². The maximum Gasteiger partial charge on any atom is 0.141 e. The summed E-state index contributed by atoms with van der Waals surface area (Å²) in [7, 11) is 0. The van der Waals surface area contributed by atoms with E-state index in [9.17, 15) is 0 Å². The number of benzene rings is 1. The molecule has 1 rings (SSSR count). The molecule has 0 bridgehead atoms. The van der Waals surface area contributed by atoms with Crippen LogP contribution in [-0.2, 0) is 0 Å². The first-order chi connectivity index (χ1) is 10.5. The fourth-order valence-corrected chi connectivity index (χ4v) is 2.49. The van der Waals surface area contributed by atoms with Crippen molar-refractivity contribution in [1.82, 2.24) is 0 Å². The van der Waals surface area contributed by atoms with E-state index in [0.717, 1.165) is 37.0 Å². The summed E-state index contributed by atoms with van der Waals surface area (Å²) in [6.07, 6.45) is 3.93. The van der Waals surface area contributed by atoms with Crippen LogP contribution in [0.5, 0.6) is 11.5 Å². The third-order valence-corrected chi connectivity index (χ3v) is 3.87. The van der Waals surface area contributed by atoms with Crippen molar-refractivity contribution in [2.24, 2.45) is 5.73 Å². The maximum atomic E-state index is 6.37. The lowest BCUT2D eigenvalue weighted by Gasteiger charge is -2.20. The van der Waals surface area contributed by atoms with E-state index in [1.807, 2.05) is 19.1 Å². The molecule has 0 aliphatic rings. The van der Waals surface area contributed by atoms with Crippen LogP contribution < -0.4 is 15.2 Å². The predicted octanol–water partition coefficient (Wildman–Crippen LogP) is 5.15. The van der Waals surface area contributed by atoms with Crippen molar-refractivity contribution in [3.63, 3.8) is 0 Å². The first-order valence-electron chi connectivity index (χ1n) is 8.34. The normalized spacial score (nSPS) is 13.7. The van der Waals surface area contributed by atoms with Crippen LogP contribution in [0.3, 0.4) is 0 Å². The van der Waals surface area contributed by atoms with Gasteiger partial charge in [-0.15, -0.1) is 0 Å². The van der Waals surface area contributed by atoms with Gasteiger partial charge in [-0.25, -0.2) is 0 Å². The molecule has 22 heavy (non-hydrogen) atoms. The second kappa shape index (κ2) is 9.96. The molecule has 0 aromatic heterocycles. The summed E-state index contributed by atoms with van der Waals surface area (Å²) in [5, 5.41) is 0.653. The van der Waals surface area contributed by atoms with Crippen LogP contribution >= 0.6 is 11.6 Å². The first kappa shape index (κ1) is 19.1. The van der Waals surface area contributed by atoms with E-state index in [4.69, 9.17) is 26.8 Å². The fraction of sp³-hybridized carbons (Fsp3) is 0.667. The van der Waals surface area contributed by atoms with Crippen molar-refractivity contribution >= 4 is 11.6 Å². The van der Waals surface area contributed by atoms with E-state index < -0.39 is 0 Å². The molecule has 0 heterocycles. The molecule has 126 valence electrons. The zero-order valence-corrected chi connectivity index (χ0v) is 15.1. The van der Waals surface area contributed by atoms with Crippen molar-refractivity contribution in [2.45, 2.75) is 65.3 Å². The van der Waals surface area contributed by atoms with Gasteiger partial charge in [-0.2, -0.15) is 0 Å². The largest absolute Gasteiger partial charge is 0.493 e. The van der Waals surface area contributed by atoms with Crippen LogP contribution in [0.2, 0.25) is 5.02 Å². The van der Waals surface area contributed by atoms with Gasteiger partial charge >= 0.3 is 0 Å². The van der Waals surface area contributed by atoms with Crippen LogP contribution in [0, 0.1) is 0 Å². The number of nitrogens with two attached hydrogens (primary N) is 1. The summed E-state index contributed by atoms with van der Waals surface area (Å²) in [6.45, 7) is 9.76. The van der Waals surface area contributed by atoms with E-state index in [1.54, 1.807) is 0 Å². The second-order valence-corrected chi connectivity index (χ2v) is 6.38. The number of ether oxygens (including phenoxy) is 2. The highest BCUT2D eigenvalue weighted by atomic mass is 35.5. The Morgan fingerprint density at radius 3 is 2.14 bits per heavy atom. The molecule has 2 atom stereocenters. The Morgan fingerprint density at radius 2 is 1.59 bits per heavy atom. The summed E-state index contributed by atoms with van der Waals surface area (Å²) in [4.78, 5) is 0. The molecule has 2 unspecified atom stereocenters. The minimum absolute atomic E-state index is 0.213. The Bertz CT molecular complexity index is 449. The van der Waals surface area contributed by atoms with Crippen LogP contribution in [0.15, 0.2) is 12.1 Å². The van der Waals surface area contributed by atoms with Gasteiger partial charge in [-0.05, 0) is 50.2 Å². The Hall–Kier alpha value is -0.930. The van der Waals surface area contributed by atoms with Gasteiger partial charge in [-0.1, -0.05) is 32.4 Å². The monoisotopic (exact) mass is 327 g/mol. The summed E-state index contributed by atoms with van der Waals surface area (Å²) in [5.74, 6) is 1.95. The van der Waals surface area contributed by atoms with E-state index in [1.165, 1.54) is 0 Å². The lowest BCUT2D eigenvalue weighted by molar-refractivity contribution is 0.298. The molecular weight excluding hydrogens is 298 g/mol. The van der Waals surface area contributed by atoms with Gasteiger partial charge in [0.15, 0.2) is 0 Å². The smallest absolute Gasteiger partial charge is 0.141 e. The van der Waals surface area contributed by atoms with Gasteiger partial charge < -0.3 is 15.2 Å². The average Bonchev–Trinajstić information content (AvgIpc) is 2.49. The van der Waals surface area contributed by atoms with Crippen LogP contribution in [-0.4, -0.2) is 19.3 Å². The third-order valence-electron chi connectivity index (χ3n) is 3.57. The lowest BCUT2D eigenvalue weighted by Crippen LogP contribution is -2.15. The standard InChI is InChI=1S/C18H30ClNO2/c1-5-9-21-17-12-18(22-10-6-2)16(19)11-15(17)13(3)7-8-14(4)20/h11-14H,5-10,20H2,1-4H3. The van der Waals surface area contributed by atoms with Crippen molar-refractivity contribution in [3.05, 3.63) is 22.7 Å². The Balaban J connectivity index is 2.98. The highest BCUT2D eigenvalue weighted by molar-refractivity contribution is 6.32. The maximum absolute atomic E-state index is 6.37. The summed E-state index contributed by atoms with van der Waals surface area (Å²) in [5.41, 5.74) is 7.01. The van der Waals surface area contributed by atoms with Gasteiger partial charge in [-0.3, -0.25) is 0 Å². The van der Waals surface area contributed by atoms with Gasteiger partial charge in [0.2, 0.25) is 0 Å². The number of hydrogen-bond acceptors (Lipinski definition) is 3. The quantitative estimate of drug-likeness (QED) is 0.646. The first-order valence-corrected chi connectivity index (χ1v) is 8.71. The highest BCUT2D eigenvalue weighted by Gasteiger charge is 2.16. The van der Waals surface area contributed by atoms with Crippen LogP contribution in [0.1, 0.15) is 64.9 Å². The molecule has 0 spiro atoms. The van der Waals surface area contributed by atoms with Crippen molar-refractivity contribution in [2.75, 3.05) is 13.2 Å². The third kappa shape index (κ3) is 6.05. The Kier molecular flexibility index (Phi) is 8.66. The van der Waals surface area contributed by atoms with Gasteiger partial charge in [0, 0.05) is 12.1 Å². The van der Waals surface area contributed by atoms with Gasteiger partial charge in [0.25, 0.3) is 0 Å². The average molecular weight is 328 g/mol. The molecule has 0 aliphatic heterocycles. The molecule has 1 aromatic carbocycles. The molecular formula is C18H30ClNO2. The van der Waals surface area contributed by atoms with E-state index in [2.05, 4.69) is 20.8 Å². The number of halogens is 1. The molecule has 0 saturated carbocycles. The minimum Gasteiger partial charge on any atom is -0.493 e. The number of hydrogen-bond donors (Lipinski definition) is 1. The summed E-state index contributed by atoms with van der Waals surface area (Å²) in [6, 6.07) is 4.14. The SMILES string of the molecule is CCCOc1cc(OCCC)c(C(C)CCC(C)N)cc1Cl. The van der Waals surface area contributed by atoms with Crippen LogP contribution in [0.4, 0.5) is 0 Å². The zero-order valence-electron chi connectivity index (χ0n) is 14.3.